The third-order valence-electron chi connectivity index (χ3n) is 4.29. The number of nitrogens with zero attached hydrogens (tertiary/aromatic N) is 2. The van der Waals surface area contributed by atoms with E-state index in [4.69, 9.17) is 21.4 Å². The number of fused-ring (bicyclic) bond motifs is 3. The fourth-order valence-corrected chi connectivity index (χ4v) is 4.28. The van der Waals surface area contributed by atoms with E-state index in [-0.39, 0.29) is 11.8 Å². The molecule has 3 heterocycles. The van der Waals surface area contributed by atoms with Crippen LogP contribution in [0.5, 0.6) is 5.75 Å². The lowest BCUT2D eigenvalue weighted by Gasteiger charge is -2.44. The van der Waals surface area contributed by atoms with E-state index in [0.717, 1.165) is 28.3 Å². The molecule has 0 bridgehead atoms. The Bertz CT molecular complexity index is 843. The molecule has 2 aliphatic rings. The molecule has 24 heavy (non-hydrogen) atoms. The Balaban J connectivity index is 1.84. The number of aliphatic hydroxyl groups is 1. The predicted molar refractivity (Wildman–Crippen MR) is 96.9 cm³/mol. The molecule has 4 rings (SSSR count). The van der Waals surface area contributed by atoms with Gasteiger partial charge in [0.2, 0.25) is 5.72 Å². The first kappa shape index (κ1) is 15.5. The van der Waals surface area contributed by atoms with Crippen LogP contribution >= 0.6 is 22.9 Å². The molecule has 0 saturated carbocycles. The first-order chi connectivity index (χ1) is 11.5. The summed E-state index contributed by atoms with van der Waals surface area (Å²) in [6, 6.07) is 9.78. The highest BCUT2D eigenvalue weighted by Crippen LogP contribution is 2.48. The van der Waals surface area contributed by atoms with Crippen LogP contribution < -0.4 is 4.74 Å². The summed E-state index contributed by atoms with van der Waals surface area (Å²) < 4.78 is 6.19. The van der Waals surface area contributed by atoms with Gasteiger partial charge in [-0.2, -0.15) is 5.10 Å². The molecule has 0 fully saturated rings. The molecular weight excluding hydrogens is 344 g/mol. The Morgan fingerprint density at radius 3 is 3.04 bits per heavy atom. The lowest BCUT2D eigenvalue weighted by atomic mass is 9.96. The molecule has 1 aromatic heterocycles. The van der Waals surface area contributed by atoms with Gasteiger partial charge in [-0.25, -0.2) is 5.01 Å². The van der Waals surface area contributed by atoms with E-state index in [0.29, 0.717) is 5.02 Å². The van der Waals surface area contributed by atoms with Gasteiger partial charge in [-0.1, -0.05) is 17.7 Å². The van der Waals surface area contributed by atoms with Gasteiger partial charge in [0.25, 0.3) is 0 Å². The lowest BCUT2D eigenvalue weighted by molar-refractivity contribution is -0.0697. The maximum absolute atomic E-state index is 9.82. The maximum Gasteiger partial charge on any atom is 0.218 e. The molecule has 2 atom stereocenters. The molecule has 0 spiro atoms. The van der Waals surface area contributed by atoms with Gasteiger partial charge in [0.05, 0.1) is 22.4 Å². The fourth-order valence-electron chi connectivity index (χ4n) is 3.38. The largest absolute Gasteiger partial charge is 0.513 e. The van der Waals surface area contributed by atoms with Crippen LogP contribution in [0.25, 0.3) is 0 Å². The zero-order valence-electron chi connectivity index (χ0n) is 13.4. The summed E-state index contributed by atoms with van der Waals surface area (Å²) in [5.41, 5.74) is 1.21. The number of halogens is 1. The smallest absolute Gasteiger partial charge is 0.218 e. The topological polar surface area (TPSA) is 45.1 Å². The van der Waals surface area contributed by atoms with Crippen molar-refractivity contribution in [3.8, 4) is 5.75 Å². The van der Waals surface area contributed by atoms with E-state index < -0.39 is 5.72 Å². The zero-order chi connectivity index (χ0) is 16.9. The summed E-state index contributed by atoms with van der Waals surface area (Å²) in [7, 11) is 0. The van der Waals surface area contributed by atoms with Crippen molar-refractivity contribution in [2.75, 3.05) is 0 Å². The van der Waals surface area contributed by atoms with E-state index in [9.17, 15) is 5.11 Å². The number of thiophene rings is 1. The van der Waals surface area contributed by atoms with Crippen molar-refractivity contribution in [1.29, 1.82) is 0 Å². The highest BCUT2D eigenvalue weighted by atomic mass is 35.5. The molecular formula is C18H17ClN2O2S. The molecule has 0 unspecified atom stereocenters. The summed E-state index contributed by atoms with van der Waals surface area (Å²) in [5, 5.41) is 19.3. The Labute approximate surface area is 149 Å². The van der Waals surface area contributed by atoms with Gasteiger partial charge >= 0.3 is 0 Å². The van der Waals surface area contributed by atoms with Crippen LogP contribution in [-0.4, -0.2) is 21.6 Å². The number of hydrogen-bond donors (Lipinski definition) is 1. The molecule has 6 heteroatoms. The minimum Gasteiger partial charge on any atom is -0.513 e. The van der Waals surface area contributed by atoms with Gasteiger partial charge < -0.3 is 9.84 Å². The van der Waals surface area contributed by atoms with E-state index in [1.165, 1.54) is 0 Å². The normalized spacial score (nSPS) is 25.8. The van der Waals surface area contributed by atoms with E-state index in [1.807, 2.05) is 41.6 Å². The SMILES string of the molecule is C/C(O)=C\[C@]1(C)Oc2ccc(Cl)cc2[C@@H]2CC(c3cccs3)=NN21. The molecule has 4 nitrogen and oxygen atoms in total. The number of benzene rings is 1. The molecule has 2 aliphatic heterocycles. The Kier molecular flexibility index (Phi) is 3.58. The molecule has 0 amide bonds. The van der Waals surface area contributed by atoms with Gasteiger partial charge in [-0.15, -0.1) is 11.3 Å². The average molecular weight is 361 g/mol. The van der Waals surface area contributed by atoms with Crippen molar-refractivity contribution in [1.82, 2.24) is 5.01 Å². The minimum absolute atomic E-state index is 0.0325. The summed E-state index contributed by atoms with van der Waals surface area (Å²) >= 11 is 7.87. The zero-order valence-corrected chi connectivity index (χ0v) is 14.9. The van der Waals surface area contributed by atoms with Crippen LogP contribution in [0.4, 0.5) is 0 Å². The van der Waals surface area contributed by atoms with Crippen LogP contribution in [0.2, 0.25) is 5.02 Å². The molecule has 124 valence electrons. The van der Waals surface area contributed by atoms with Gasteiger partial charge in [0, 0.05) is 30.0 Å². The summed E-state index contributed by atoms with van der Waals surface area (Å²) in [5.74, 6) is 0.983. The van der Waals surface area contributed by atoms with Crippen LogP contribution in [0.1, 0.15) is 36.8 Å². The monoisotopic (exact) mass is 360 g/mol. The number of hydrazone groups is 1. The van der Waals surface area contributed by atoms with Crippen molar-refractivity contribution in [3.63, 3.8) is 0 Å². The highest BCUT2D eigenvalue weighted by Gasteiger charge is 2.47. The Hall–Kier alpha value is -1.98. The van der Waals surface area contributed by atoms with Gasteiger partial charge in [-0.3, -0.25) is 0 Å². The molecule has 1 N–H and O–H groups in total. The minimum atomic E-state index is -0.844. The standard InChI is InChI=1S/C18H17ClN2O2S/c1-11(22)10-18(2)21-15(9-14(20-21)17-4-3-7-24-17)13-8-12(19)5-6-16(13)23-18/h3-8,10,15,22H,9H2,1-2H3/b11-10+/t15-,18-/m0/s1. The number of allylic oxidation sites excluding steroid dienone is 1. The third-order valence-corrected chi connectivity index (χ3v) is 5.45. The highest BCUT2D eigenvalue weighted by molar-refractivity contribution is 7.12. The predicted octanol–water partition coefficient (Wildman–Crippen LogP) is 5.12. The van der Waals surface area contributed by atoms with E-state index in [1.54, 1.807) is 24.3 Å². The first-order valence-electron chi connectivity index (χ1n) is 7.74. The van der Waals surface area contributed by atoms with E-state index >= 15 is 0 Å². The fraction of sp³-hybridized carbons (Fsp3) is 0.278. The molecule has 0 radical (unpaired) electrons. The second kappa shape index (κ2) is 5.53. The summed E-state index contributed by atoms with van der Waals surface area (Å²) in [6.45, 7) is 3.55. The molecule has 0 aliphatic carbocycles. The number of hydrogen-bond acceptors (Lipinski definition) is 5. The second-order valence-corrected chi connectivity index (χ2v) is 7.60. The summed E-state index contributed by atoms with van der Waals surface area (Å²) in [4.78, 5) is 1.15. The second-order valence-electron chi connectivity index (χ2n) is 6.21. The molecule has 1 aromatic carbocycles. The number of aliphatic hydroxyl groups excluding tert-OH is 1. The van der Waals surface area contributed by atoms with Gasteiger partial charge in [0.15, 0.2) is 0 Å². The van der Waals surface area contributed by atoms with Crippen LogP contribution in [0.15, 0.2) is 52.6 Å². The molecule has 0 saturated heterocycles. The number of rotatable bonds is 2. The summed E-state index contributed by atoms with van der Waals surface area (Å²) in [6.07, 6.45) is 2.48. The van der Waals surface area contributed by atoms with Gasteiger partial charge in [-0.05, 0) is 36.6 Å². The van der Waals surface area contributed by atoms with Crippen LogP contribution in [-0.2, 0) is 0 Å². The maximum atomic E-state index is 9.82. The average Bonchev–Trinajstić information content (AvgIpc) is 3.16. The molecule has 2 aromatic rings. The van der Waals surface area contributed by atoms with Gasteiger partial charge in [0.1, 0.15) is 5.75 Å². The first-order valence-corrected chi connectivity index (χ1v) is 8.99. The van der Waals surface area contributed by atoms with Crippen molar-refractivity contribution in [3.05, 3.63) is 63.0 Å². The Morgan fingerprint density at radius 2 is 2.33 bits per heavy atom. The van der Waals surface area contributed by atoms with Crippen LogP contribution in [0, 0.1) is 0 Å². The van der Waals surface area contributed by atoms with Crippen molar-refractivity contribution < 1.29 is 9.84 Å². The number of ether oxygens (including phenoxy) is 1. The van der Waals surface area contributed by atoms with E-state index in [2.05, 4.69) is 6.07 Å². The third kappa shape index (κ3) is 2.48. The lowest BCUT2D eigenvalue weighted by Crippen LogP contribution is -2.50. The van der Waals surface area contributed by atoms with Crippen molar-refractivity contribution >= 4 is 28.6 Å². The Morgan fingerprint density at radius 1 is 1.50 bits per heavy atom. The van der Waals surface area contributed by atoms with Crippen molar-refractivity contribution in [2.24, 2.45) is 5.10 Å². The van der Waals surface area contributed by atoms with Crippen LogP contribution in [0.3, 0.4) is 0 Å². The quantitative estimate of drug-likeness (QED) is 0.756. The van der Waals surface area contributed by atoms with Crippen molar-refractivity contribution in [2.45, 2.75) is 32.0 Å².